The Bertz CT molecular complexity index is 336. The smallest absolute Gasteiger partial charge is 0.200 e. The van der Waals surface area contributed by atoms with Gasteiger partial charge in [0.2, 0.25) is 0 Å². The highest BCUT2D eigenvalue weighted by Gasteiger charge is 2.27. The van der Waals surface area contributed by atoms with Crippen molar-refractivity contribution in [3.8, 4) is 0 Å². The fourth-order valence-corrected chi connectivity index (χ4v) is 1.68. The van der Waals surface area contributed by atoms with E-state index in [-0.39, 0.29) is 11.5 Å². The predicted octanol–water partition coefficient (Wildman–Crippen LogP) is 1.82. The van der Waals surface area contributed by atoms with Crippen LogP contribution in [0.25, 0.3) is 0 Å². The molecule has 0 amide bonds. The van der Waals surface area contributed by atoms with Gasteiger partial charge in [-0.25, -0.2) is 4.98 Å². The third-order valence-corrected chi connectivity index (χ3v) is 2.55. The first-order chi connectivity index (χ1) is 6.47. The Morgan fingerprint density at radius 1 is 1.43 bits per heavy atom. The first kappa shape index (κ1) is 9.71. The topological polar surface area (TPSA) is 46.3 Å². The number of aryl methyl sites for hydroxylation is 1. The number of fused-ring (bicyclic) bond motifs is 1. The molecule has 1 aliphatic carbocycles. The van der Waals surface area contributed by atoms with Gasteiger partial charge in [0.15, 0.2) is 5.89 Å². The molecule has 1 atom stereocenters. The molecule has 1 aliphatic rings. The molecule has 0 saturated heterocycles. The first-order valence-corrected chi connectivity index (χ1v) is 5.14. The van der Waals surface area contributed by atoms with Crippen LogP contribution >= 0.6 is 0 Å². The molecule has 0 spiro atoms. The van der Waals surface area contributed by atoms with Gasteiger partial charge >= 0.3 is 0 Å². The Hall–Kier alpha value is -0.830. The summed E-state index contributed by atoms with van der Waals surface area (Å²) in [7, 11) is 0. The third-order valence-electron chi connectivity index (χ3n) is 2.55. The van der Waals surface area contributed by atoms with Crippen molar-refractivity contribution in [3.63, 3.8) is 0 Å². The number of hydrogen-bond acceptors (Lipinski definition) is 3. The van der Waals surface area contributed by atoms with Gasteiger partial charge in [0.05, 0.1) is 11.8 Å². The molecule has 0 bridgehead atoms. The standard InChI is InChI=1S/C11H17NO2/c1-11(2,3)10-12-8-6-7(13)4-5-9(8)14-10/h7,13H,4-6H2,1-3H3. The van der Waals surface area contributed by atoms with Gasteiger partial charge in [0.1, 0.15) is 5.76 Å². The molecule has 2 rings (SSSR count). The van der Waals surface area contributed by atoms with E-state index in [1.807, 2.05) is 0 Å². The van der Waals surface area contributed by atoms with Gasteiger partial charge in [-0.15, -0.1) is 0 Å². The molecule has 1 aromatic heterocycles. The van der Waals surface area contributed by atoms with E-state index in [2.05, 4.69) is 25.8 Å². The average Bonchev–Trinajstić information content (AvgIpc) is 2.45. The summed E-state index contributed by atoms with van der Waals surface area (Å²) in [5.74, 6) is 1.76. The monoisotopic (exact) mass is 195 g/mol. The van der Waals surface area contributed by atoms with Crippen molar-refractivity contribution in [2.75, 3.05) is 0 Å². The van der Waals surface area contributed by atoms with Crippen LogP contribution in [0.2, 0.25) is 0 Å². The highest BCUT2D eigenvalue weighted by Crippen LogP contribution is 2.28. The molecule has 1 heterocycles. The number of nitrogens with zero attached hydrogens (tertiary/aromatic N) is 1. The molecular formula is C11H17NO2. The molecule has 1 aromatic rings. The van der Waals surface area contributed by atoms with Crippen LogP contribution in [-0.4, -0.2) is 16.2 Å². The van der Waals surface area contributed by atoms with E-state index >= 15 is 0 Å². The van der Waals surface area contributed by atoms with Crippen LogP contribution in [0.15, 0.2) is 4.42 Å². The minimum absolute atomic E-state index is 0.0394. The fourth-order valence-electron chi connectivity index (χ4n) is 1.68. The maximum Gasteiger partial charge on any atom is 0.200 e. The molecule has 3 heteroatoms. The molecule has 1 N–H and O–H groups in total. The summed E-state index contributed by atoms with van der Waals surface area (Å²) in [5, 5.41) is 9.49. The normalized spacial score (nSPS) is 22.1. The van der Waals surface area contributed by atoms with Crippen molar-refractivity contribution in [3.05, 3.63) is 17.3 Å². The van der Waals surface area contributed by atoms with Crippen molar-refractivity contribution < 1.29 is 9.52 Å². The summed E-state index contributed by atoms with van der Waals surface area (Å²) in [6.07, 6.45) is 2.03. The molecule has 14 heavy (non-hydrogen) atoms. The van der Waals surface area contributed by atoms with Crippen LogP contribution in [0.4, 0.5) is 0 Å². The largest absolute Gasteiger partial charge is 0.445 e. The zero-order valence-corrected chi connectivity index (χ0v) is 9.00. The van der Waals surface area contributed by atoms with Crippen LogP contribution in [0.5, 0.6) is 0 Å². The Kier molecular flexibility index (Phi) is 2.14. The van der Waals surface area contributed by atoms with E-state index in [0.717, 1.165) is 30.2 Å². The Morgan fingerprint density at radius 3 is 2.79 bits per heavy atom. The molecule has 0 radical (unpaired) electrons. The Balaban J connectivity index is 2.32. The van der Waals surface area contributed by atoms with Gasteiger partial charge in [-0.3, -0.25) is 0 Å². The fraction of sp³-hybridized carbons (Fsp3) is 0.727. The van der Waals surface area contributed by atoms with Gasteiger partial charge in [-0.2, -0.15) is 0 Å². The maximum absolute atomic E-state index is 9.49. The second kappa shape index (κ2) is 3.09. The first-order valence-electron chi connectivity index (χ1n) is 5.14. The molecule has 0 fully saturated rings. The Morgan fingerprint density at radius 2 is 2.14 bits per heavy atom. The number of rotatable bonds is 0. The quantitative estimate of drug-likeness (QED) is 0.687. The van der Waals surface area contributed by atoms with Crippen LogP contribution in [-0.2, 0) is 18.3 Å². The van der Waals surface area contributed by atoms with Gasteiger partial charge in [0, 0.05) is 18.3 Å². The Labute approximate surface area is 84.2 Å². The number of aliphatic hydroxyl groups is 1. The minimum atomic E-state index is -0.236. The van der Waals surface area contributed by atoms with Crippen LogP contribution in [0.1, 0.15) is 44.5 Å². The lowest BCUT2D eigenvalue weighted by Crippen LogP contribution is -2.18. The van der Waals surface area contributed by atoms with E-state index in [4.69, 9.17) is 4.42 Å². The zero-order chi connectivity index (χ0) is 10.3. The van der Waals surface area contributed by atoms with E-state index in [9.17, 15) is 5.11 Å². The molecule has 0 saturated carbocycles. The molecule has 78 valence electrons. The van der Waals surface area contributed by atoms with E-state index < -0.39 is 0 Å². The van der Waals surface area contributed by atoms with Gasteiger partial charge < -0.3 is 9.52 Å². The lowest BCUT2D eigenvalue weighted by molar-refractivity contribution is 0.153. The molecule has 3 nitrogen and oxygen atoms in total. The van der Waals surface area contributed by atoms with Gasteiger partial charge in [-0.1, -0.05) is 20.8 Å². The summed E-state index contributed by atoms with van der Waals surface area (Å²) in [6.45, 7) is 6.25. The van der Waals surface area contributed by atoms with Crippen molar-refractivity contribution >= 4 is 0 Å². The van der Waals surface area contributed by atoms with E-state index in [0.29, 0.717) is 6.42 Å². The maximum atomic E-state index is 9.49. The molecular weight excluding hydrogens is 178 g/mol. The van der Waals surface area contributed by atoms with Crippen molar-refractivity contribution in [1.29, 1.82) is 0 Å². The minimum Gasteiger partial charge on any atom is -0.445 e. The number of oxazole rings is 1. The second-order valence-electron chi connectivity index (χ2n) is 5.04. The molecule has 1 unspecified atom stereocenters. The summed E-state index contributed by atoms with van der Waals surface area (Å²) in [6, 6.07) is 0. The highest BCUT2D eigenvalue weighted by atomic mass is 16.4. The zero-order valence-electron chi connectivity index (χ0n) is 9.00. The van der Waals surface area contributed by atoms with Crippen molar-refractivity contribution in [2.45, 2.75) is 51.6 Å². The van der Waals surface area contributed by atoms with Crippen LogP contribution < -0.4 is 0 Å². The average molecular weight is 195 g/mol. The third kappa shape index (κ3) is 1.69. The number of hydrogen-bond donors (Lipinski definition) is 1. The summed E-state index contributed by atoms with van der Waals surface area (Å²) < 4.78 is 5.70. The van der Waals surface area contributed by atoms with Gasteiger partial charge in [0.25, 0.3) is 0 Å². The van der Waals surface area contributed by atoms with Crippen LogP contribution in [0.3, 0.4) is 0 Å². The second-order valence-corrected chi connectivity index (χ2v) is 5.04. The molecule has 0 aliphatic heterocycles. The van der Waals surface area contributed by atoms with Gasteiger partial charge in [-0.05, 0) is 6.42 Å². The van der Waals surface area contributed by atoms with E-state index in [1.54, 1.807) is 0 Å². The SMILES string of the molecule is CC(C)(C)c1nc2c(o1)CCC(O)C2. The number of aromatic nitrogens is 1. The van der Waals surface area contributed by atoms with Crippen molar-refractivity contribution in [2.24, 2.45) is 0 Å². The summed E-state index contributed by atoms with van der Waals surface area (Å²) in [5.41, 5.74) is 0.913. The lowest BCUT2D eigenvalue weighted by atomic mass is 9.97. The van der Waals surface area contributed by atoms with Crippen LogP contribution in [0, 0.1) is 0 Å². The summed E-state index contributed by atoms with van der Waals surface area (Å²) in [4.78, 5) is 4.45. The predicted molar refractivity (Wildman–Crippen MR) is 53.2 cm³/mol. The lowest BCUT2D eigenvalue weighted by Gasteiger charge is -2.13. The van der Waals surface area contributed by atoms with E-state index in [1.165, 1.54) is 0 Å². The summed E-state index contributed by atoms with van der Waals surface area (Å²) >= 11 is 0. The highest BCUT2D eigenvalue weighted by molar-refractivity contribution is 5.17. The van der Waals surface area contributed by atoms with Crippen molar-refractivity contribution in [1.82, 2.24) is 4.98 Å². The molecule has 0 aromatic carbocycles. The number of aliphatic hydroxyl groups excluding tert-OH is 1.